The van der Waals surface area contributed by atoms with Crippen LogP contribution in [-0.2, 0) is 4.79 Å². The molecule has 0 saturated carbocycles. The lowest BCUT2D eigenvalue weighted by Gasteiger charge is -2.18. The lowest BCUT2D eigenvalue weighted by molar-refractivity contribution is -0.115. The Morgan fingerprint density at radius 1 is 1.09 bits per heavy atom. The minimum atomic E-state index is -0.0706. The Balaban J connectivity index is 1.89. The fourth-order valence-electron chi connectivity index (χ4n) is 2.43. The molecular formula is C19H24N2O2. The van der Waals surface area contributed by atoms with E-state index in [0.29, 0.717) is 6.42 Å². The van der Waals surface area contributed by atoms with Crippen molar-refractivity contribution in [3.63, 3.8) is 0 Å². The average molecular weight is 312 g/mol. The van der Waals surface area contributed by atoms with E-state index < -0.39 is 0 Å². The number of anilines is 1. The number of amides is 1. The highest BCUT2D eigenvalue weighted by Gasteiger charge is 2.12. The first-order valence-corrected chi connectivity index (χ1v) is 7.95. The van der Waals surface area contributed by atoms with Crippen LogP contribution in [0.2, 0.25) is 0 Å². The minimum Gasteiger partial charge on any atom is -0.396 e. The molecule has 0 fully saturated rings. The Kier molecular flexibility index (Phi) is 6.78. The summed E-state index contributed by atoms with van der Waals surface area (Å²) in [5.74, 6) is -0.0706. The Morgan fingerprint density at radius 2 is 1.78 bits per heavy atom. The molecule has 2 aromatic carbocycles. The molecule has 2 rings (SSSR count). The molecule has 0 aliphatic rings. The average Bonchev–Trinajstić information content (AvgIpc) is 2.58. The fourth-order valence-corrected chi connectivity index (χ4v) is 2.43. The van der Waals surface area contributed by atoms with Crippen LogP contribution in [0.25, 0.3) is 0 Å². The smallest absolute Gasteiger partial charge is 0.238 e. The number of hydrogen-bond acceptors (Lipinski definition) is 3. The quantitative estimate of drug-likeness (QED) is 0.702. The zero-order valence-corrected chi connectivity index (χ0v) is 13.5. The van der Waals surface area contributed by atoms with Crippen LogP contribution in [0, 0.1) is 6.92 Å². The molecule has 0 spiro atoms. The SMILES string of the molecule is Cc1ccc(NC(=O)CNC(CCCO)c2ccccc2)cc1. The van der Waals surface area contributed by atoms with Gasteiger partial charge in [0.25, 0.3) is 0 Å². The number of carbonyl (C=O) groups is 1. The number of nitrogens with one attached hydrogen (secondary N) is 2. The molecule has 4 nitrogen and oxygen atoms in total. The van der Waals surface area contributed by atoms with Gasteiger partial charge in [0.15, 0.2) is 0 Å². The van der Waals surface area contributed by atoms with Crippen LogP contribution >= 0.6 is 0 Å². The molecule has 1 atom stereocenters. The van der Waals surface area contributed by atoms with Gasteiger partial charge in [-0.3, -0.25) is 4.79 Å². The van der Waals surface area contributed by atoms with Crippen LogP contribution in [0.3, 0.4) is 0 Å². The van der Waals surface area contributed by atoms with E-state index in [9.17, 15) is 4.79 Å². The highest BCUT2D eigenvalue weighted by Crippen LogP contribution is 2.18. The second-order valence-electron chi connectivity index (χ2n) is 5.62. The molecule has 0 bridgehead atoms. The Morgan fingerprint density at radius 3 is 2.43 bits per heavy atom. The molecule has 1 amide bonds. The second kappa shape index (κ2) is 9.08. The van der Waals surface area contributed by atoms with Crippen molar-refractivity contribution in [1.29, 1.82) is 0 Å². The highest BCUT2D eigenvalue weighted by molar-refractivity contribution is 5.92. The van der Waals surface area contributed by atoms with Crippen LogP contribution in [0.5, 0.6) is 0 Å². The Hall–Kier alpha value is -2.17. The number of aryl methyl sites for hydroxylation is 1. The lowest BCUT2D eigenvalue weighted by Crippen LogP contribution is -2.31. The van der Waals surface area contributed by atoms with Crippen molar-refractivity contribution in [2.75, 3.05) is 18.5 Å². The van der Waals surface area contributed by atoms with Crippen LogP contribution in [0.4, 0.5) is 5.69 Å². The van der Waals surface area contributed by atoms with Crippen molar-refractivity contribution >= 4 is 11.6 Å². The molecule has 0 heterocycles. The molecule has 0 aliphatic heterocycles. The van der Waals surface area contributed by atoms with E-state index in [1.165, 1.54) is 0 Å². The summed E-state index contributed by atoms with van der Waals surface area (Å²) >= 11 is 0. The minimum absolute atomic E-state index is 0.0621. The maximum Gasteiger partial charge on any atom is 0.238 e. The number of rotatable bonds is 8. The third-order valence-electron chi connectivity index (χ3n) is 3.70. The van der Waals surface area contributed by atoms with E-state index >= 15 is 0 Å². The standard InChI is InChI=1S/C19H24N2O2/c1-15-9-11-17(12-10-15)21-19(23)14-20-18(8-5-13-22)16-6-3-2-4-7-16/h2-4,6-7,9-12,18,20,22H,5,8,13-14H2,1H3,(H,21,23). The number of hydrogen-bond donors (Lipinski definition) is 3. The van der Waals surface area contributed by atoms with Crippen LogP contribution in [0.15, 0.2) is 54.6 Å². The Labute approximate surface area is 137 Å². The van der Waals surface area contributed by atoms with Gasteiger partial charge in [-0.2, -0.15) is 0 Å². The second-order valence-corrected chi connectivity index (χ2v) is 5.62. The monoisotopic (exact) mass is 312 g/mol. The summed E-state index contributed by atoms with van der Waals surface area (Å²) < 4.78 is 0. The first kappa shape index (κ1) is 17.2. The molecule has 1 unspecified atom stereocenters. The summed E-state index contributed by atoms with van der Waals surface area (Å²) in [5, 5.41) is 15.2. The summed E-state index contributed by atoms with van der Waals surface area (Å²) in [4.78, 5) is 12.1. The van der Waals surface area contributed by atoms with Gasteiger partial charge in [0.05, 0.1) is 6.54 Å². The first-order valence-electron chi connectivity index (χ1n) is 7.95. The summed E-state index contributed by atoms with van der Waals surface area (Å²) in [5.41, 5.74) is 3.09. The normalized spacial score (nSPS) is 11.9. The maximum absolute atomic E-state index is 12.1. The Bertz CT molecular complexity index is 597. The molecule has 0 saturated heterocycles. The van der Waals surface area contributed by atoms with Crippen LogP contribution < -0.4 is 10.6 Å². The number of aliphatic hydroxyl groups is 1. The molecular weight excluding hydrogens is 288 g/mol. The zero-order chi connectivity index (χ0) is 16.5. The van der Waals surface area contributed by atoms with E-state index in [4.69, 9.17) is 5.11 Å². The van der Waals surface area contributed by atoms with E-state index in [1.807, 2.05) is 61.5 Å². The van der Waals surface area contributed by atoms with Crippen molar-refractivity contribution in [1.82, 2.24) is 5.32 Å². The first-order chi connectivity index (χ1) is 11.2. The van der Waals surface area contributed by atoms with Gasteiger partial charge in [0.2, 0.25) is 5.91 Å². The van der Waals surface area contributed by atoms with Crippen molar-refractivity contribution < 1.29 is 9.90 Å². The van der Waals surface area contributed by atoms with Crippen molar-refractivity contribution in [3.05, 3.63) is 65.7 Å². The van der Waals surface area contributed by atoms with Gasteiger partial charge >= 0.3 is 0 Å². The predicted octanol–water partition coefficient (Wildman–Crippen LogP) is 3.04. The molecule has 23 heavy (non-hydrogen) atoms. The summed E-state index contributed by atoms with van der Waals surface area (Å²) in [6.07, 6.45) is 1.49. The molecule has 4 heteroatoms. The van der Waals surface area contributed by atoms with Crippen LogP contribution in [0.1, 0.15) is 30.0 Å². The third-order valence-corrected chi connectivity index (χ3v) is 3.70. The number of carbonyl (C=O) groups excluding carboxylic acids is 1. The summed E-state index contributed by atoms with van der Waals surface area (Å²) in [6, 6.07) is 17.8. The van der Waals surface area contributed by atoms with E-state index in [-0.39, 0.29) is 25.1 Å². The van der Waals surface area contributed by atoms with Gasteiger partial charge in [-0.1, -0.05) is 48.0 Å². The van der Waals surface area contributed by atoms with Crippen molar-refractivity contribution in [2.45, 2.75) is 25.8 Å². The van der Waals surface area contributed by atoms with Gasteiger partial charge < -0.3 is 15.7 Å². The van der Waals surface area contributed by atoms with Crippen molar-refractivity contribution in [3.8, 4) is 0 Å². The van der Waals surface area contributed by atoms with E-state index in [1.54, 1.807) is 0 Å². The number of benzene rings is 2. The molecule has 0 aliphatic carbocycles. The molecule has 122 valence electrons. The van der Waals surface area contributed by atoms with E-state index in [2.05, 4.69) is 10.6 Å². The van der Waals surface area contributed by atoms with Gasteiger partial charge in [-0.05, 0) is 37.5 Å². The fraction of sp³-hybridized carbons (Fsp3) is 0.316. The summed E-state index contributed by atoms with van der Waals surface area (Å²) in [6.45, 7) is 2.40. The van der Waals surface area contributed by atoms with Gasteiger partial charge in [-0.25, -0.2) is 0 Å². The third kappa shape index (κ3) is 5.85. The maximum atomic E-state index is 12.1. The molecule has 0 radical (unpaired) electrons. The highest BCUT2D eigenvalue weighted by atomic mass is 16.2. The molecule has 3 N–H and O–H groups in total. The number of aliphatic hydroxyl groups excluding tert-OH is 1. The van der Waals surface area contributed by atoms with Gasteiger partial charge in [0, 0.05) is 18.3 Å². The predicted molar refractivity (Wildman–Crippen MR) is 93.3 cm³/mol. The lowest BCUT2D eigenvalue weighted by atomic mass is 10.0. The van der Waals surface area contributed by atoms with E-state index in [0.717, 1.165) is 23.2 Å². The van der Waals surface area contributed by atoms with Crippen LogP contribution in [-0.4, -0.2) is 24.2 Å². The largest absolute Gasteiger partial charge is 0.396 e. The van der Waals surface area contributed by atoms with Gasteiger partial charge in [0.1, 0.15) is 0 Å². The van der Waals surface area contributed by atoms with Crippen molar-refractivity contribution in [2.24, 2.45) is 0 Å². The molecule has 0 aromatic heterocycles. The topological polar surface area (TPSA) is 61.4 Å². The summed E-state index contributed by atoms with van der Waals surface area (Å²) in [7, 11) is 0. The zero-order valence-electron chi connectivity index (χ0n) is 13.5. The molecule has 2 aromatic rings. The van der Waals surface area contributed by atoms with Gasteiger partial charge in [-0.15, -0.1) is 0 Å².